The lowest BCUT2D eigenvalue weighted by atomic mass is 10.2. The minimum atomic E-state index is 0.0445. The van der Waals surface area contributed by atoms with E-state index in [1.807, 2.05) is 29.6 Å². The summed E-state index contributed by atoms with van der Waals surface area (Å²) in [5.74, 6) is 0.0445. The van der Waals surface area contributed by atoms with Crippen molar-refractivity contribution in [3.8, 4) is 0 Å². The van der Waals surface area contributed by atoms with E-state index in [0.29, 0.717) is 6.42 Å². The van der Waals surface area contributed by atoms with E-state index in [9.17, 15) is 4.79 Å². The van der Waals surface area contributed by atoms with Crippen LogP contribution in [0.1, 0.15) is 12.0 Å². The molecular weight excluding hydrogens is 298 g/mol. The Kier molecular flexibility index (Phi) is 4.34. The normalized spacial score (nSPS) is 10.2. The Morgan fingerprint density at radius 3 is 2.82 bits per heavy atom. The Morgan fingerprint density at radius 2 is 2.12 bits per heavy atom. The summed E-state index contributed by atoms with van der Waals surface area (Å²) in [6.07, 6.45) is 1.30. The highest BCUT2D eigenvalue weighted by Gasteiger charge is 2.05. The fourth-order valence-corrected chi connectivity index (χ4v) is 2.56. The first-order chi connectivity index (χ1) is 8.25. The van der Waals surface area contributed by atoms with Crippen LogP contribution in [0.5, 0.6) is 0 Å². The first kappa shape index (κ1) is 12.3. The highest BCUT2D eigenvalue weighted by atomic mass is 79.9. The van der Waals surface area contributed by atoms with Gasteiger partial charge in [0.15, 0.2) is 0 Å². The Bertz CT molecular complexity index is 496. The monoisotopic (exact) mass is 309 g/mol. The highest BCUT2D eigenvalue weighted by molar-refractivity contribution is 9.10. The molecule has 0 aliphatic heterocycles. The van der Waals surface area contributed by atoms with Crippen LogP contribution in [0.25, 0.3) is 0 Å². The fraction of sp³-hybridized carbons (Fsp3) is 0.154. The average molecular weight is 310 g/mol. The summed E-state index contributed by atoms with van der Waals surface area (Å²) in [5.41, 5.74) is 2.04. The van der Waals surface area contributed by atoms with Gasteiger partial charge in [0.2, 0.25) is 5.91 Å². The van der Waals surface area contributed by atoms with Crippen LogP contribution in [0.3, 0.4) is 0 Å². The molecule has 1 amide bonds. The third kappa shape index (κ3) is 3.68. The molecule has 1 aromatic heterocycles. The molecule has 17 heavy (non-hydrogen) atoms. The van der Waals surface area contributed by atoms with E-state index in [1.54, 1.807) is 11.3 Å². The minimum Gasteiger partial charge on any atom is -0.325 e. The van der Waals surface area contributed by atoms with Crippen molar-refractivity contribution in [3.63, 3.8) is 0 Å². The number of para-hydroxylation sites is 1. The number of halogens is 1. The van der Waals surface area contributed by atoms with E-state index in [4.69, 9.17) is 0 Å². The van der Waals surface area contributed by atoms with Crippen molar-refractivity contribution in [2.75, 3.05) is 5.32 Å². The van der Waals surface area contributed by atoms with E-state index in [0.717, 1.165) is 16.6 Å². The Labute approximate surface area is 113 Å². The summed E-state index contributed by atoms with van der Waals surface area (Å²) < 4.78 is 0.906. The lowest BCUT2D eigenvalue weighted by molar-refractivity contribution is -0.116. The van der Waals surface area contributed by atoms with Gasteiger partial charge in [-0.1, -0.05) is 12.1 Å². The number of carbonyl (C=O) groups excluding carboxylic acids is 1. The second-order valence-corrected chi connectivity index (χ2v) is 5.29. The van der Waals surface area contributed by atoms with Crippen LogP contribution in [0.15, 0.2) is 45.6 Å². The van der Waals surface area contributed by atoms with E-state index < -0.39 is 0 Å². The van der Waals surface area contributed by atoms with Gasteiger partial charge in [-0.05, 0) is 56.9 Å². The zero-order chi connectivity index (χ0) is 12.1. The molecule has 1 N–H and O–H groups in total. The van der Waals surface area contributed by atoms with Crippen LogP contribution in [-0.4, -0.2) is 5.91 Å². The Hall–Kier alpha value is -1.13. The lowest BCUT2D eigenvalue weighted by Gasteiger charge is -2.06. The smallest absolute Gasteiger partial charge is 0.224 e. The molecule has 2 aromatic rings. The number of hydrogen-bond donors (Lipinski definition) is 1. The van der Waals surface area contributed by atoms with Gasteiger partial charge >= 0.3 is 0 Å². The zero-order valence-corrected chi connectivity index (χ0v) is 11.6. The number of carbonyl (C=O) groups is 1. The maximum Gasteiger partial charge on any atom is 0.224 e. The molecule has 1 aromatic carbocycles. The van der Waals surface area contributed by atoms with E-state index in [2.05, 4.69) is 32.7 Å². The first-order valence-electron chi connectivity index (χ1n) is 5.31. The largest absolute Gasteiger partial charge is 0.325 e. The molecule has 0 radical (unpaired) electrons. The molecule has 4 heteroatoms. The molecule has 1 heterocycles. The number of aryl methyl sites for hydroxylation is 1. The maximum absolute atomic E-state index is 11.7. The van der Waals surface area contributed by atoms with Gasteiger partial charge in [-0.2, -0.15) is 11.3 Å². The second-order valence-electron chi connectivity index (χ2n) is 3.66. The molecular formula is C13H12BrNOS. The van der Waals surface area contributed by atoms with Crippen LogP contribution in [0, 0.1) is 0 Å². The van der Waals surface area contributed by atoms with Crippen molar-refractivity contribution in [1.82, 2.24) is 0 Å². The summed E-state index contributed by atoms with van der Waals surface area (Å²) >= 11 is 5.06. The molecule has 88 valence electrons. The summed E-state index contributed by atoms with van der Waals surface area (Å²) in [7, 11) is 0. The molecule has 0 unspecified atom stereocenters. The van der Waals surface area contributed by atoms with Gasteiger partial charge in [0.25, 0.3) is 0 Å². The summed E-state index contributed by atoms with van der Waals surface area (Å²) in [4.78, 5) is 11.7. The van der Waals surface area contributed by atoms with Crippen molar-refractivity contribution < 1.29 is 4.79 Å². The standard InChI is InChI=1S/C13H12BrNOS/c14-11-3-1-2-4-12(11)15-13(16)6-5-10-7-8-17-9-10/h1-4,7-9H,5-6H2,(H,15,16). The lowest BCUT2D eigenvalue weighted by Crippen LogP contribution is -2.12. The third-order valence-corrected chi connectivity index (χ3v) is 3.79. The third-order valence-electron chi connectivity index (χ3n) is 2.37. The van der Waals surface area contributed by atoms with Crippen LogP contribution in [0.2, 0.25) is 0 Å². The summed E-state index contributed by atoms with van der Waals surface area (Å²) in [6, 6.07) is 9.67. The number of anilines is 1. The van der Waals surface area contributed by atoms with Gasteiger partial charge < -0.3 is 5.32 Å². The molecule has 0 bridgehead atoms. The van der Waals surface area contributed by atoms with Crippen molar-refractivity contribution in [2.45, 2.75) is 12.8 Å². The molecule has 0 fully saturated rings. The molecule has 2 nitrogen and oxygen atoms in total. The van der Waals surface area contributed by atoms with Crippen molar-refractivity contribution >= 4 is 38.9 Å². The quantitative estimate of drug-likeness (QED) is 0.906. The molecule has 0 spiro atoms. The maximum atomic E-state index is 11.7. The van der Waals surface area contributed by atoms with E-state index in [-0.39, 0.29) is 5.91 Å². The highest BCUT2D eigenvalue weighted by Crippen LogP contribution is 2.21. The first-order valence-corrected chi connectivity index (χ1v) is 7.05. The molecule has 0 saturated carbocycles. The second kappa shape index (κ2) is 5.98. The molecule has 0 aliphatic rings. The Balaban J connectivity index is 1.87. The topological polar surface area (TPSA) is 29.1 Å². The Morgan fingerprint density at radius 1 is 1.29 bits per heavy atom. The number of nitrogens with one attached hydrogen (secondary N) is 1. The van der Waals surface area contributed by atoms with Gasteiger partial charge in [-0.15, -0.1) is 0 Å². The molecule has 0 atom stereocenters. The number of rotatable bonds is 4. The van der Waals surface area contributed by atoms with Gasteiger partial charge in [-0.3, -0.25) is 4.79 Å². The van der Waals surface area contributed by atoms with E-state index >= 15 is 0 Å². The SMILES string of the molecule is O=C(CCc1ccsc1)Nc1ccccc1Br. The predicted octanol–water partition coefficient (Wildman–Crippen LogP) is 4.08. The van der Waals surface area contributed by atoms with Crippen molar-refractivity contribution in [1.29, 1.82) is 0 Å². The predicted molar refractivity (Wildman–Crippen MR) is 75.4 cm³/mol. The summed E-state index contributed by atoms with van der Waals surface area (Å²) in [6.45, 7) is 0. The molecule has 0 saturated heterocycles. The van der Waals surface area contributed by atoms with Gasteiger partial charge in [-0.25, -0.2) is 0 Å². The zero-order valence-electron chi connectivity index (χ0n) is 9.15. The minimum absolute atomic E-state index is 0.0445. The van der Waals surface area contributed by atoms with Crippen LogP contribution >= 0.6 is 27.3 Å². The van der Waals surface area contributed by atoms with Crippen molar-refractivity contribution in [2.24, 2.45) is 0 Å². The number of benzene rings is 1. The van der Waals surface area contributed by atoms with Crippen LogP contribution < -0.4 is 5.32 Å². The molecule has 0 aliphatic carbocycles. The van der Waals surface area contributed by atoms with Crippen molar-refractivity contribution in [3.05, 3.63) is 51.1 Å². The summed E-state index contributed by atoms with van der Waals surface area (Å²) in [5, 5.41) is 6.99. The van der Waals surface area contributed by atoms with Gasteiger partial charge in [0, 0.05) is 10.9 Å². The van der Waals surface area contributed by atoms with Gasteiger partial charge in [0.1, 0.15) is 0 Å². The number of hydrogen-bond acceptors (Lipinski definition) is 2. The molecule has 2 rings (SSSR count). The van der Waals surface area contributed by atoms with Gasteiger partial charge in [0.05, 0.1) is 5.69 Å². The average Bonchev–Trinajstić information content (AvgIpc) is 2.82. The van der Waals surface area contributed by atoms with E-state index in [1.165, 1.54) is 5.56 Å². The van der Waals surface area contributed by atoms with Crippen LogP contribution in [0.4, 0.5) is 5.69 Å². The fourth-order valence-electron chi connectivity index (χ4n) is 1.47. The van der Waals surface area contributed by atoms with Crippen LogP contribution in [-0.2, 0) is 11.2 Å². The number of thiophene rings is 1. The number of amides is 1.